The average Bonchev–Trinajstić information content (AvgIpc) is 2.13. The van der Waals surface area contributed by atoms with Gasteiger partial charge in [-0.25, -0.2) is 18.6 Å². The average molecular weight is 258 g/mol. The number of carbonyl (C=O) groups is 1. The summed E-state index contributed by atoms with van der Waals surface area (Å²) in [6, 6.07) is 2.51. The lowest BCUT2D eigenvalue weighted by Gasteiger charge is -2.19. The number of alkyl halides is 2. The third-order valence-corrected chi connectivity index (χ3v) is 1.90. The summed E-state index contributed by atoms with van der Waals surface area (Å²) >= 11 is 0. The lowest BCUT2D eigenvalue weighted by molar-refractivity contribution is 0.0171. The molecule has 0 unspecified atom stereocenters. The quantitative estimate of drug-likeness (QED) is 0.882. The Labute approximate surface area is 104 Å². The standard InChI is InChI=1S/C12H16F2N2O2/c1-11(2,3)18-10(17)16-9-6-5-8(7-15-9)12(4,13)14/h5-7H,1-4H3,(H,15,16,17). The molecule has 0 spiro atoms. The molecule has 1 rings (SSSR count). The molecule has 0 fully saturated rings. The van der Waals surface area contributed by atoms with Crippen LogP contribution in [0.25, 0.3) is 0 Å². The summed E-state index contributed by atoms with van der Waals surface area (Å²) in [5.74, 6) is -2.78. The maximum absolute atomic E-state index is 12.9. The number of pyridine rings is 1. The first-order valence-electron chi connectivity index (χ1n) is 5.42. The van der Waals surface area contributed by atoms with Crippen LogP contribution in [0.5, 0.6) is 0 Å². The molecule has 0 aliphatic heterocycles. The number of amides is 1. The van der Waals surface area contributed by atoms with Crippen LogP contribution in [0.4, 0.5) is 19.4 Å². The van der Waals surface area contributed by atoms with Gasteiger partial charge in [0.15, 0.2) is 0 Å². The highest BCUT2D eigenvalue weighted by atomic mass is 19.3. The van der Waals surface area contributed by atoms with E-state index in [4.69, 9.17) is 4.74 Å². The van der Waals surface area contributed by atoms with Crippen LogP contribution in [0.2, 0.25) is 0 Å². The third-order valence-electron chi connectivity index (χ3n) is 1.90. The van der Waals surface area contributed by atoms with Gasteiger partial charge in [-0.05, 0) is 32.9 Å². The lowest BCUT2D eigenvalue weighted by atomic mass is 10.2. The molecule has 0 atom stereocenters. The van der Waals surface area contributed by atoms with Crippen molar-refractivity contribution >= 4 is 11.9 Å². The Morgan fingerprint density at radius 1 is 1.28 bits per heavy atom. The summed E-state index contributed by atoms with van der Waals surface area (Å²) in [7, 11) is 0. The predicted octanol–water partition coefficient (Wildman–Crippen LogP) is 3.54. The molecule has 0 saturated carbocycles. The summed E-state index contributed by atoms with van der Waals surface area (Å²) in [6.07, 6.45) is 0.346. The summed E-state index contributed by atoms with van der Waals surface area (Å²) in [5.41, 5.74) is -0.835. The first kappa shape index (κ1) is 14.3. The second kappa shape index (κ2) is 4.88. The Kier molecular flexibility index (Phi) is 3.88. The van der Waals surface area contributed by atoms with E-state index in [-0.39, 0.29) is 11.4 Å². The summed E-state index contributed by atoms with van der Waals surface area (Å²) in [6.45, 7) is 5.95. The topological polar surface area (TPSA) is 51.2 Å². The minimum absolute atomic E-state index is 0.164. The Balaban J connectivity index is 2.67. The second-order valence-corrected chi connectivity index (χ2v) is 4.95. The second-order valence-electron chi connectivity index (χ2n) is 4.95. The fourth-order valence-corrected chi connectivity index (χ4v) is 1.14. The third kappa shape index (κ3) is 4.65. The molecule has 6 heteroatoms. The number of hydrogen-bond acceptors (Lipinski definition) is 3. The van der Waals surface area contributed by atoms with Gasteiger partial charge >= 0.3 is 6.09 Å². The molecule has 4 nitrogen and oxygen atoms in total. The fraction of sp³-hybridized carbons (Fsp3) is 0.500. The zero-order valence-electron chi connectivity index (χ0n) is 10.8. The molecule has 18 heavy (non-hydrogen) atoms. The Bertz CT molecular complexity index is 419. The van der Waals surface area contributed by atoms with Crippen molar-refractivity contribution < 1.29 is 18.3 Å². The summed E-state index contributed by atoms with van der Waals surface area (Å²) < 4.78 is 30.8. The zero-order chi connectivity index (χ0) is 14.0. The van der Waals surface area contributed by atoms with Crippen LogP contribution in [0.3, 0.4) is 0 Å². The molecule has 1 N–H and O–H groups in total. The summed E-state index contributed by atoms with van der Waals surface area (Å²) in [5, 5.41) is 2.36. The van der Waals surface area contributed by atoms with Gasteiger partial charge in [-0.3, -0.25) is 5.32 Å². The molecule has 0 radical (unpaired) electrons. The van der Waals surface area contributed by atoms with E-state index in [1.165, 1.54) is 12.1 Å². The lowest BCUT2D eigenvalue weighted by Crippen LogP contribution is -2.27. The Morgan fingerprint density at radius 2 is 1.89 bits per heavy atom. The molecule has 1 heterocycles. The van der Waals surface area contributed by atoms with Gasteiger partial charge < -0.3 is 4.74 Å². The van der Waals surface area contributed by atoms with Crippen molar-refractivity contribution in [1.82, 2.24) is 4.98 Å². The van der Waals surface area contributed by atoms with Gasteiger partial charge in [0.2, 0.25) is 0 Å². The van der Waals surface area contributed by atoms with Crippen molar-refractivity contribution in [2.24, 2.45) is 0 Å². The number of hydrogen-bond donors (Lipinski definition) is 1. The van der Waals surface area contributed by atoms with Gasteiger partial charge in [-0.2, -0.15) is 0 Å². The minimum Gasteiger partial charge on any atom is -0.444 e. The highest BCUT2D eigenvalue weighted by Crippen LogP contribution is 2.26. The number of anilines is 1. The van der Waals surface area contributed by atoms with Crippen molar-refractivity contribution in [1.29, 1.82) is 0 Å². The fourth-order valence-electron chi connectivity index (χ4n) is 1.14. The van der Waals surface area contributed by atoms with Gasteiger partial charge in [-0.15, -0.1) is 0 Å². The SMILES string of the molecule is CC(C)(C)OC(=O)Nc1ccc(C(C)(F)F)cn1. The monoisotopic (exact) mass is 258 g/mol. The van der Waals surface area contributed by atoms with E-state index in [2.05, 4.69) is 10.3 Å². The first-order valence-corrected chi connectivity index (χ1v) is 5.42. The number of nitrogens with zero attached hydrogens (tertiary/aromatic N) is 1. The van der Waals surface area contributed by atoms with Crippen molar-refractivity contribution in [3.05, 3.63) is 23.9 Å². The van der Waals surface area contributed by atoms with Crippen molar-refractivity contribution in [3.63, 3.8) is 0 Å². The van der Waals surface area contributed by atoms with E-state index in [0.717, 1.165) is 13.1 Å². The maximum Gasteiger partial charge on any atom is 0.413 e. The van der Waals surface area contributed by atoms with Crippen molar-refractivity contribution in [2.45, 2.75) is 39.2 Å². The number of halogens is 2. The molecule has 0 aromatic carbocycles. The first-order chi connectivity index (χ1) is 8.08. The van der Waals surface area contributed by atoms with Gasteiger partial charge in [0, 0.05) is 18.7 Å². The van der Waals surface area contributed by atoms with Gasteiger partial charge in [0.25, 0.3) is 5.92 Å². The van der Waals surface area contributed by atoms with Crippen molar-refractivity contribution in [2.75, 3.05) is 5.32 Å². The number of rotatable bonds is 2. The minimum atomic E-state index is -2.95. The molecular weight excluding hydrogens is 242 g/mol. The van der Waals surface area contributed by atoms with E-state index >= 15 is 0 Å². The normalized spacial score (nSPS) is 12.1. The van der Waals surface area contributed by atoms with E-state index in [0.29, 0.717) is 0 Å². The molecule has 0 saturated heterocycles. The zero-order valence-corrected chi connectivity index (χ0v) is 10.8. The number of nitrogens with one attached hydrogen (secondary N) is 1. The van der Waals surface area contributed by atoms with E-state index in [9.17, 15) is 13.6 Å². The number of ether oxygens (including phenoxy) is 1. The van der Waals surface area contributed by atoms with Crippen LogP contribution in [0.1, 0.15) is 33.3 Å². The molecule has 0 bridgehead atoms. The molecule has 1 aromatic rings. The number of carbonyl (C=O) groups excluding carboxylic acids is 1. The number of aromatic nitrogens is 1. The molecule has 1 aromatic heterocycles. The van der Waals surface area contributed by atoms with Crippen LogP contribution in [0.15, 0.2) is 18.3 Å². The smallest absolute Gasteiger partial charge is 0.413 e. The molecular formula is C12H16F2N2O2. The molecule has 100 valence electrons. The van der Waals surface area contributed by atoms with Gasteiger partial charge in [0.05, 0.1) is 0 Å². The predicted molar refractivity (Wildman–Crippen MR) is 63.7 cm³/mol. The van der Waals surface area contributed by atoms with Crippen LogP contribution in [-0.2, 0) is 10.7 Å². The molecule has 1 amide bonds. The van der Waals surface area contributed by atoms with Crippen LogP contribution in [-0.4, -0.2) is 16.7 Å². The van der Waals surface area contributed by atoms with Crippen LogP contribution in [0, 0.1) is 0 Å². The highest BCUT2D eigenvalue weighted by Gasteiger charge is 2.24. The van der Waals surface area contributed by atoms with Gasteiger partial charge in [0.1, 0.15) is 11.4 Å². The highest BCUT2D eigenvalue weighted by molar-refractivity contribution is 5.83. The van der Waals surface area contributed by atoms with Crippen LogP contribution < -0.4 is 5.32 Å². The molecule has 0 aliphatic carbocycles. The Morgan fingerprint density at radius 3 is 2.28 bits per heavy atom. The van der Waals surface area contributed by atoms with E-state index in [1.54, 1.807) is 20.8 Å². The van der Waals surface area contributed by atoms with Gasteiger partial charge in [-0.1, -0.05) is 0 Å². The van der Waals surface area contributed by atoms with E-state index in [1.807, 2.05) is 0 Å². The van der Waals surface area contributed by atoms with Crippen LogP contribution >= 0.6 is 0 Å². The van der Waals surface area contributed by atoms with E-state index < -0.39 is 17.6 Å². The maximum atomic E-state index is 12.9. The Hall–Kier alpha value is -1.72. The summed E-state index contributed by atoms with van der Waals surface area (Å²) in [4.78, 5) is 15.1. The largest absolute Gasteiger partial charge is 0.444 e. The van der Waals surface area contributed by atoms with Crippen molar-refractivity contribution in [3.8, 4) is 0 Å². The molecule has 0 aliphatic rings.